The van der Waals surface area contributed by atoms with E-state index in [4.69, 9.17) is 5.73 Å². The van der Waals surface area contributed by atoms with E-state index >= 15 is 0 Å². The third-order valence-electron chi connectivity index (χ3n) is 3.91. The lowest BCUT2D eigenvalue weighted by molar-refractivity contribution is 0.182. The number of nitrogens with two attached hydrogens (primary N) is 1. The number of hydrogen-bond donors (Lipinski definition) is 1. The zero-order valence-corrected chi connectivity index (χ0v) is 10.9. The van der Waals surface area contributed by atoms with E-state index in [0.29, 0.717) is 0 Å². The molecule has 0 amide bonds. The second kappa shape index (κ2) is 6.86. The van der Waals surface area contributed by atoms with Gasteiger partial charge in [-0.25, -0.2) is 4.39 Å². The van der Waals surface area contributed by atoms with Gasteiger partial charge >= 0.3 is 0 Å². The Kier molecular flexibility index (Phi) is 5.14. The molecule has 100 valence electrons. The molecule has 0 bridgehead atoms. The molecule has 18 heavy (non-hydrogen) atoms. The van der Waals surface area contributed by atoms with Crippen molar-refractivity contribution in [1.82, 2.24) is 4.90 Å². The first-order valence-electron chi connectivity index (χ1n) is 6.95. The van der Waals surface area contributed by atoms with Gasteiger partial charge in [-0.2, -0.15) is 0 Å². The van der Waals surface area contributed by atoms with Crippen LogP contribution in [0.25, 0.3) is 0 Å². The van der Waals surface area contributed by atoms with Crippen LogP contribution < -0.4 is 5.73 Å². The van der Waals surface area contributed by atoms with Crippen molar-refractivity contribution in [2.45, 2.75) is 25.7 Å². The van der Waals surface area contributed by atoms with Crippen LogP contribution in [0.1, 0.15) is 24.8 Å². The molecule has 1 saturated heterocycles. The Hall–Kier alpha value is -0.930. The average Bonchev–Trinajstić information content (AvgIpc) is 2.40. The molecular weight excluding hydrogens is 227 g/mol. The number of hydrogen-bond acceptors (Lipinski definition) is 2. The maximum absolute atomic E-state index is 12.8. The highest BCUT2D eigenvalue weighted by molar-refractivity contribution is 5.16. The molecule has 0 aromatic heterocycles. The van der Waals surface area contributed by atoms with Crippen LogP contribution in [0.2, 0.25) is 0 Å². The number of rotatable bonds is 5. The maximum atomic E-state index is 12.8. The summed E-state index contributed by atoms with van der Waals surface area (Å²) >= 11 is 0. The molecule has 2 N–H and O–H groups in total. The van der Waals surface area contributed by atoms with E-state index in [0.717, 1.165) is 25.4 Å². The lowest BCUT2D eigenvalue weighted by Gasteiger charge is -2.31. The first-order valence-corrected chi connectivity index (χ1v) is 6.95. The summed E-state index contributed by atoms with van der Waals surface area (Å²) in [5, 5.41) is 0. The lowest BCUT2D eigenvalue weighted by atomic mass is 9.93. The number of nitrogens with zero attached hydrogens (tertiary/aromatic N) is 1. The third kappa shape index (κ3) is 4.07. The Bertz CT molecular complexity index is 342. The van der Waals surface area contributed by atoms with Gasteiger partial charge < -0.3 is 10.6 Å². The molecule has 2 rings (SSSR count). The van der Waals surface area contributed by atoms with Crippen LogP contribution in [0.4, 0.5) is 4.39 Å². The Labute approximate surface area is 109 Å². The van der Waals surface area contributed by atoms with Crippen molar-refractivity contribution in [3.05, 3.63) is 35.6 Å². The molecule has 0 radical (unpaired) electrons. The van der Waals surface area contributed by atoms with Gasteiger partial charge in [-0.1, -0.05) is 12.1 Å². The van der Waals surface area contributed by atoms with E-state index in [-0.39, 0.29) is 5.82 Å². The molecule has 3 heteroatoms. The highest BCUT2D eigenvalue weighted by atomic mass is 19.1. The van der Waals surface area contributed by atoms with Crippen LogP contribution in [0.15, 0.2) is 24.3 Å². The number of piperidine rings is 1. The SMILES string of the molecule is NCCC1CCN(CCc2ccc(F)cc2)CC1. The normalized spacial score (nSPS) is 18.1. The average molecular weight is 250 g/mol. The van der Waals surface area contributed by atoms with E-state index < -0.39 is 0 Å². The largest absolute Gasteiger partial charge is 0.330 e. The summed E-state index contributed by atoms with van der Waals surface area (Å²) in [7, 11) is 0. The molecule has 0 aliphatic carbocycles. The molecule has 1 aromatic rings. The Balaban J connectivity index is 1.70. The van der Waals surface area contributed by atoms with Crippen molar-refractivity contribution < 1.29 is 4.39 Å². The lowest BCUT2D eigenvalue weighted by Crippen LogP contribution is -2.35. The third-order valence-corrected chi connectivity index (χ3v) is 3.91. The zero-order chi connectivity index (χ0) is 12.8. The maximum Gasteiger partial charge on any atom is 0.123 e. The topological polar surface area (TPSA) is 29.3 Å². The summed E-state index contributed by atoms with van der Waals surface area (Å²) in [5.74, 6) is 0.679. The van der Waals surface area contributed by atoms with Crippen LogP contribution in [0, 0.1) is 11.7 Å². The van der Waals surface area contributed by atoms with Gasteiger partial charge in [-0.15, -0.1) is 0 Å². The van der Waals surface area contributed by atoms with Crippen LogP contribution in [0.5, 0.6) is 0 Å². The van der Waals surface area contributed by atoms with Crippen LogP contribution in [-0.2, 0) is 6.42 Å². The second-order valence-corrected chi connectivity index (χ2v) is 5.24. The molecule has 1 aliphatic heterocycles. The van der Waals surface area contributed by atoms with Gasteiger partial charge in [0.25, 0.3) is 0 Å². The standard InChI is InChI=1S/C15H23FN2/c16-15-3-1-13(2-4-15)6-10-18-11-7-14(5-9-17)8-12-18/h1-4,14H,5-12,17H2. The van der Waals surface area contributed by atoms with Gasteiger partial charge in [0.1, 0.15) is 5.82 Å². The first kappa shape index (κ1) is 13.5. The van der Waals surface area contributed by atoms with Gasteiger partial charge in [0.05, 0.1) is 0 Å². The fourth-order valence-corrected chi connectivity index (χ4v) is 2.67. The van der Waals surface area contributed by atoms with Gasteiger partial charge in [0.2, 0.25) is 0 Å². The van der Waals surface area contributed by atoms with Crippen molar-refractivity contribution in [2.24, 2.45) is 11.7 Å². The van der Waals surface area contributed by atoms with Crippen molar-refractivity contribution in [3.8, 4) is 0 Å². The van der Waals surface area contributed by atoms with E-state index in [2.05, 4.69) is 4.90 Å². The molecule has 0 saturated carbocycles. The van der Waals surface area contributed by atoms with Gasteiger partial charge in [-0.3, -0.25) is 0 Å². The zero-order valence-electron chi connectivity index (χ0n) is 10.9. The Morgan fingerprint density at radius 1 is 1.17 bits per heavy atom. The fraction of sp³-hybridized carbons (Fsp3) is 0.600. The van der Waals surface area contributed by atoms with Gasteiger partial charge in [0.15, 0.2) is 0 Å². The Morgan fingerprint density at radius 3 is 2.44 bits per heavy atom. The highest BCUT2D eigenvalue weighted by Crippen LogP contribution is 2.19. The minimum absolute atomic E-state index is 0.152. The Morgan fingerprint density at radius 2 is 1.83 bits per heavy atom. The highest BCUT2D eigenvalue weighted by Gasteiger charge is 2.17. The quantitative estimate of drug-likeness (QED) is 0.869. The predicted octanol–water partition coefficient (Wildman–Crippen LogP) is 2.43. The summed E-state index contributed by atoms with van der Waals surface area (Å²) in [4.78, 5) is 2.51. The van der Waals surface area contributed by atoms with E-state index in [9.17, 15) is 4.39 Å². The molecule has 1 aromatic carbocycles. The predicted molar refractivity (Wildman–Crippen MR) is 72.9 cm³/mol. The molecule has 2 nitrogen and oxygen atoms in total. The van der Waals surface area contributed by atoms with Crippen LogP contribution in [0.3, 0.4) is 0 Å². The number of likely N-dealkylation sites (tertiary alicyclic amines) is 1. The van der Waals surface area contributed by atoms with Gasteiger partial charge in [0, 0.05) is 6.54 Å². The van der Waals surface area contributed by atoms with Crippen molar-refractivity contribution in [3.63, 3.8) is 0 Å². The van der Waals surface area contributed by atoms with E-state index in [1.165, 1.54) is 37.9 Å². The summed E-state index contributed by atoms with van der Waals surface area (Å²) in [6.45, 7) is 4.28. The molecule has 1 heterocycles. The summed E-state index contributed by atoms with van der Waals surface area (Å²) < 4.78 is 12.8. The minimum Gasteiger partial charge on any atom is -0.330 e. The minimum atomic E-state index is -0.152. The molecule has 0 atom stereocenters. The summed E-state index contributed by atoms with van der Waals surface area (Å²) in [5.41, 5.74) is 6.82. The van der Waals surface area contributed by atoms with Crippen molar-refractivity contribution >= 4 is 0 Å². The molecule has 0 spiro atoms. The second-order valence-electron chi connectivity index (χ2n) is 5.24. The van der Waals surface area contributed by atoms with Gasteiger partial charge in [-0.05, 0) is 68.9 Å². The van der Waals surface area contributed by atoms with Crippen molar-refractivity contribution in [1.29, 1.82) is 0 Å². The number of halogens is 1. The molecule has 1 aliphatic rings. The van der Waals surface area contributed by atoms with Crippen LogP contribution in [-0.4, -0.2) is 31.1 Å². The van der Waals surface area contributed by atoms with E-state index in [1.54, 1.807) is 12.1 Å². The monoisotopic (exact) mass is 250 g/mol. The molecule has 0 unspecified atom stereocenters. The summed E-state index contributed by atoms with van der Waals surface area (Å²) in [6.07, 6.45) is 4.74. The molecule has 1 fully saturated rings. The fourth-order valence-electron chi connectivity index (χ4n) is 2.67. The summed E-state index contributed by atoms with van der Waals surface area (Å²) in [6, 6.07) is 6.86. The van der Waals surface area contributed by atoms with Crippen LogP contribution >= 0.6 is 0 Å². The van der Waals surface area contributed by atoms with Crippen molar-refractivity contribution in [2.75, 3.05) is 26.2 Å². The molecular formula is C15H23FN2. The first-order chi connectivity index (χ1) is 8.78. The smallest absolute Gasteiger partial charge is 0.123 e. The number of benzene rings is 1. The van der Waals surface area contributed by atoms with E-state index in [1.807, 2.05) is 12.1 Å².